The lowest BCUT2D eigenvalue weighted by atomic mass is 10.1. The monoisotopic (exact) mass is 315 g/mol. The van der Waals surface area contributed by atoms with E-state index in [2.05, 4.69) is 36.2 Å². The molecule has 8 nitrogen and oxygen atoms in total. The fourth-order valence-corrected chi connectivity index (χ4v) is 1.98. The van der Waals surface area contributed by atoms with Gasteiger partial charge < -0.3 is 10.6 Å². The molecule has 0 spiro atoms. The third kappa shape index (κ3) is 3.18. The Morgan fingerprint density at radius 1 is 1.23 bits per heavy atom. The van der Waals surface area contributed by atoms with E-state index in [1.807, 2.05) is 0 Å². The van der Waals surface area contributed by atoms with Crippen LogP contribution in [0, 0.1) is 0 Å². The lowest BCUT2D eigenvalue weighted by Gasteiger charge is -2.10. The molecular weight excluding hydrogens is 306 g/mol. The maximum absolute atomic E-state index is 12.1. The number of rotatable bonds is 3. The zero-order chi connectivity index (χ0) is 15.4. The second-order valence-corrected chi connectivity index (χ2v) is 4.68. The highest BCUT2D eigenvalue weighted by Gasteiger charge is 2.12. The Morgan fingerprint density at radius 3 is 2.86 bits per heavy atom. The van der Waals surface area contributed by atoms with E-state index in [0.717, 1.165) is 0 Å². The normalized spacial score (nSPS) is 10.2. The van der Waals surface area contributed by atoms with Gasteiger partial charge in [-0.05, 0) is 35.5 Å². The number of amides is 2. The Hall–Kier alpha value is -3.00. The van der Waals surface area contributed by atoms with Gasteiger partial charge in [0.1, 0.15) is 0 Å². The molecule has 2 heterocycles. The first-order chi connectivity index (χ1) is 10.7. The number of carbonyl (C=O) groups is 1. The number of nitrogens with one attached hydrogen (secondary N) is 3. The van der Waals surface area contributed by atoms with Crippen LogP contribution in [0.15, 0.2) is 42.7 Å². The van der Waals surface area contributed by atoms with Gasteiger partial charge in [0.15, 0.2) is 0 Å². The summed E-state index contributed by atoms with van der Waals surface area (Å²) >= 11 is 5.98. The summed E-state index contributed by atoms with van der Waals surface area (Å²) in [6.07, 6.45) is 3.16. The molecule has 3 rings (SSSR count). The molecule has 2 aromatic heterocycles. The van der Waals surface area contributed by atoms with Crippen molar-refractivity contribution < 1.29 is 4.79 Å². The van der Waals surface area contributed by atoms with Crippen LogP contribution in [0.2, 0.25) is 5.02 Å². The first kappa shape index (κ1) is 14.0. The van der Waals surface area contributed by atoms with Crippen LogP contribution in [0.1, 0.15) is 0 Å². The number of hydrogen-bond acceptors (Lipinski definition) is 5. The van der Waals surface area contributed by atoms with Crippen molar-refractivity contribution >= 4 is 29.0 Å². The lowest BCUT2D eigenvalue weighted by molar-refractivity contribution is 0.262. The summed E-state index contributed by atoms with van der Waals surface area (Å²) in [5.74, 6) is 0.355. The highest BCUT2D eigenvalue weighted by Crippen LogP contribution is 2.28. The van der Waals surface area contributed by atoms with E-state index in [1.165, 1.54) is 6.20 Å². The Labute approximate surface area is 129 Å². The predicted octanol–water partition coefficient (Wildman–Crippen LogP) is 2.56. The molecule has 0 bridgehead atoms. The number of urea groups is 1. The molecule has 0 unspecified atom stereocenters. The molecule has 0 saturated carbocycles. The van der Waals surface area contributed by atoms with Crippen molar-refractivity contribution in [2.45, 2.75) is 0 Å². The first-order valence-electron chi connectivity index (χ1n) is 6.24. The maximum atomic E-state index is 12.1. The van der Waals surface area contributed by atoms with Gasteiger partial charge in [-0.25, -0.2) is 4.79 Å². The Bertz CT molecular complexity index is 776. The summed E-state index contributed by atoms with van der Waals surface area (Å²) in [5.41, 5.74) is 1.64. The topological polar surface area (TPSA) is 108 Å². The molecule has 0 radical (unpaired) electrons. The highest BCUT2D eigenvalue weighted by atomic mass is 35.5. The second-order valence-electron chi connectivity index (χ2n) is 4.25. The van der Waals surface area contributed by atoms with Crippen molar-refractivity contribution in [1.29, 1.82) is 0 Å². The molecule has 2 amide bonds. The summed E-state index contributed by atoms with van der Waals surface area (Å²) in [5, 5.41) is 19.5. The molecule has 0 saturated heterocycles. The van der Waals surface area contributed by atoms with E-state index in [1.54, 1.807) is 36.5 Å². The van der Waals surface area contributed by atoms with Gasteiger partial charge in [0, 0.05) is 16.8 Å². The molecule has 110 valence electrons. The number of pyridine rings is 1. The van der Waals surface area contributed by atoms with E-state index in [9.17, 15) is 4.79 Å². The average molecular weight is 316 g/mol. The third-order valence-corrected chi connectivity index (χ3v) is 2.97. The van der Waals surface area contributed by atoms with Crippen LogP contribution in [-0.4, -0.2) is 31.6 Å². The molecule has 22 heavy (non-hydrogen) atoms. The van der Waals surface area contributed by atoms with Crippen LogP contribution in [-0.2, 0) is 0 Å². The van der Waals surface area contributed by atoms with Gasteiger partial charge in [0.25, 0.3) is 0 Å². The van der Waals surface area contributed by atoms with Crippen molar-refractivity contribution in [2.75, 3.05) is 10.6 Å². The highest BCUT2D eigenvalue weighted by molar-refractivity contribution is 6.31. The number of carbonyl (C=O) groups excluding carboxylic acids is 1. The summed E-state index contributed by atoms with van der Waals surface area (Å²) in [4.78, 5) is 16.0. The number of anilines is 2. The van der Waals surface area contributed by atoms with Crippen LogP contribution < -0.4 is 10.6 Å². The number of benzene rings is 1. The number of nitrogens with zero attached hydrogens (tertiary/aromatic N) is 4. The van der Waals surface area contributed by atoms with Gasteiger partial charge in [-0.2, -0.15) is 5.21 Å². The minimum atomic E-state index is -0.431. The number of hydrogen-bond donors (Lipinski definition) is 3. The van der Waals surface area contributed by atoms with Crippen LogP contribution >= 0.6 is 11.6 Å². The standard InChI is InChI=1S/C13H10ClN7O/c14-8-3-4-10(12-18-20-21-19-12)11(6-8)17-13(22)16-9-2-1-5-15-7-9/h1-7H,(H2,16,17,22)(H,18,19,20,21). The zero-order valence-electron chi connectivity index (χ0n) is 11.1. The van der Waals surface area contributed by atoms with Gasteiger partial charge in [-0.1, -0.05) is 11.6 Å². The minimum absolute atomic E-state index is 0.355. The molecule has 0 aliphatic carbocycles. The van der Waals surface area contributed by atoms with E-state index in [-0.39, 0.29) is 0 Å². The molecule has 0 fully saturated rings. The minimum Gasteiger partial charge on any atom is -0.307 e. The molecule has 1 aromatic carbocycles. The smallest absolute Gasteiger partial charge is 0.307 e. The van der Waals surface area contributed by atoms with Gasteiger partial charge in [0.05, 0.1) is 17.6 Å². The maximum Gasteiger partial charge on any atom is 0.323 e. The number of aromatic amines is 1. The van der Waals surface area contributed by atoms with Crippen LogP contribution in [0.25, 0.3) is 11.4 Å². The SMILES string of the molecule is O=C(Nc1cccnc1)Nc1cc(Cl)ccc1-c1nn[nH]n1. The van der Waals surface area contributed by atoms with Crippen molar-refractivity contribution in [2.24, 2.45) is 0 Å². The van der Waals surface area contributed by atoms with Gasteiger partial charge in [0.2, 0.25) is 5.82 Å². The van der Waals surface area contributed by atoms with Crippen molar-refractivity contribution in [3.8, 4) is 11.4 Å². The van der Waals surface area contributed by atoms with E-state index < -0.39 is 6.03 Å². The zero-order valence-corrected chi connectivity index (χ0v) is 11.9. The van der Waals surface area contributed by atoms with Crippen molar-refractivity contribution in [3.05, 3.63) is 47.7 Å². The molecule has 0 aliphatic rings. The summed E-state index contributed by atoms with van der Waals surface area (Å²) in [7, 11) is 0. The first-order valence-corrected chi connectivity index (χ1v) is 6.61. The fourth-order valence-electron chi connectivity index (χ4n) is 1.81. The van der Waals surface area contributed by atoms with E-state index in [0.29, 0.717) is 27.8 Å². The lowest BCUT2D eigenvalue weighted by Crippen LogP contribution is -2.20. The van der Waals surface area contributed by atoms with Crippen LogP contribution in [0.3, 0.4) is 0 Å². The molecule has 0 aliphatic heterocycles. The fraction of sp³-hybridized carbons (Fsp3) is 0. The molecular formula is C13H10ClN7O. The molecule has 3 N–H and O–H groups in total. The largest absolute Gasteiger partial charge is 0.323 e. The molecule has 9 heteroatoms. The number of tetrazole rings is 1. The third-order valence-electron chi connectivity index (χ3n) is 2.74. The van der Waals surface area contributed by atoms with E-state index >= 15 is 0 Å². The molecule has 3 aromatic rings. The number of halogens is 1. The van der Waals surface area contributed by atoms with Crippen LogP contribution in [0.5, 0.6) is 0 Å². The van der Waals surface area contributed by atoms with Crippen molar-refractivity contribution in [1.82, 2.24) is 25.6 Å². The summed E-state index contributed by atoms with van der Waals surface area (Å²) in [6, 6.07) is 8.00. The number of aromatic nitrogens is 5. The summed E-state index contributed by atoms with van der Waals surface area (Å²) in [6.45, 7) is 0. The number of H-pyrrole nitrogens is 1. The van der Waals surface area contributed by atoms with Gasteiger partial charge >= 0.3 is 6.03 Å². The average Bonchev–Trinajstić information content (AvgIpc) is 3.02. The van der Waals surface area contributed by atoms with E-state index in [4.69, 9.17) is 11.6 Å². The second kappa shape index (κ2) is 6.19. The quantitative estimate of drug-likeness (QED) is 0.688. The predicted molar refractivity (Wildman–Crippen MR) is 81.5 cm³/mol. The Balaban J connectivity index is 1.82. The van der Waals surface area contributed by atoms with Gasteiger partial charge in [-0.15, -0.1) is 10.2 Å². The molecule has 0 atom stereocenters. The van der Waals surface area contributed by atoms with Crippen LogP contribution in [0.4, 0.5) is 16.2 Å². The Kier molecular flexibility index (Phi) is 3.92. The van der Waals surface area contributed by atoms with Crippen molar-refractivity contribution in [3.63, 3.8) is 0 Å². The Morgan fingerprint density at radius 2 is 2.14 bits per heavy atom. The van der Waals surface area contributed by atoms with Gasteiger partial charge in [-0.3, -0.25) is 4.98 Å². The summed E-state index contributed by atoms with van der Waals surface area (Å²) < 4.78 is 0.